The van der Waals surface area contributed by atoms with Crippen LogP contribution in [0.25, 0.3) is 10.9 Å². The molecule has 0 bridgehead atoms. The Bertz CT molecular complexity index is 1390. The van der Waals surface area contributed by atoms with E-state index in [1.807, 2.05) is 24.3 Å². The molecule has 0 radical (unpaired) electrons. The lowest BCUT2D eigenvalue weighted by molar-refractivity contribution is -0.142. The van der Waals surface area contributed by atoms with Crippen LogP contribution in [0.1, 0.15) is 43.4 Å². The number of aliphatic carboxylic acids is 2. The molecule has 0 saturated carbocycles. The number of imidazole rings is 1. The van der Waals surface area contributed by atoms with Gasteiger partial charge in [-0.2, -0.15) is 0 Å². The van der Waals surface area contributed by atoms with Gasteiger partial charge in [-0.05, 0) is 37.4 Å². The van der Waals surface area contributed by atoms with Crippen molar-refractivity contribution in [3.05, 3.63) is 54.2 Å². The highest BCUT2D eigenvalue weighted by molar-refractivity contribution is 5.95. The maximum atomic E-state index is 13.5. The Labute approximate surface area is 247 Å². The lowest BCUT2D eigenvalue weighted by Crippen LogP contribution is -2.57. The summed E-state index contributed by atoms with van der Waals surface area (Å²) in [5, 5.41) is 27.4. The van der Waals surface area contributed by atoms with Gasteiger partial charge < -0.3 is 47.6 Å². The Morgan fingerprint density at radius 3 is 2.23 bits per heavy atom. The summed E-state index contributed by atoms with van der Waals surface area (Å²) in [5.41, 5.74) is 13.4. The van der Waals surface area contributed by atoms with Gasteiger partial charge in [0.25, 0.3) is 0 Å². The van der Waals surface area contributed by atoms with E-state index in [-0.39, 0.29) is 19.3 Å². The zero-order valence-corrected chi connectivity index (χ0v) is 23.5. The highest BCUT2D eigenvalue weighted by Gasteiger charge is 2.31. The molecule has 0 spiro atoms. The molecule has 3 rings (SSSR count). The monoisotopic (exact) mass is 598 g/mol. The molecule has 3 aromatic rings. The second kappa shape index (κ2) is 16.0. The highest BCUT2D eigenvalue weighted by Crippen LogP contribution is 2.19. The van der Waals surface area contributed by atoms with Crippen LogP contribution in [0.15, 0.2) is 43.0 Å². The number of amides is 3. The van der Waals surface area contributed by atoms with Gasteiger partial charge in [-0.1, -0.05) is 24.6 Å². The van der Waals surface area contributed by atoms with Crippen molar-refractivity contribution < 1.29 is 34.2 Å². The number of hydrogen-bond donors (Lipinski definition) is 9. The molecular weight excluding hydrogens is 560 g/mol. The lowest BCUT2D eigenvalue weighted by Gasteiger charge is -2.25. The number of benzene rings is 1. The van der Waals surface area contributed by atoms with Gasteiger partial charge in [0.1, 0.15) is 18.1 Å². The van der Waals surface area contributed by atoms with Crippen molar-refractivity contribution in [3.8, 4) is 0 Å². The number of nitrogens with zero attached hydrogens (tertiary/aromatic N) is 1. The van der Waals surface area contributed by atoms with Crippen molar-refractivity contribution in [3.63, 3.8) is 0 Å². The fourth-order valence-electron chi connectivity index (χ4n) is 4.55. The van der Waals surface area contributed by atoms with Gasteiger partial charge in [-0.25, -0.2) is 9.78 Å². The number of carbonyl (C=O) groups excluding carboxylic acids is 3. The van der Waals surface area contributed by atoms with Crippen LogP contribution in [0, 0.1) is 0 Å². The Hall–Kier alpha value is -4.76. The van der Waals surface area contributed by atoms with E-state index >= 15 is 0 Å². The molecule has 4 atom stereocenters. The number of hydrogen-bond acceptors (Lipinski definition) is 8. The van der Waals surface area contributed by atoms with Crippen LogP contribution >= 0.6 is 0 Å². The van der Waals surface area contributed by atoms with Gasteiger partial charge in [0, 0.05) is 48.3 Å². The number of para-hydroxylation sites is 1. The molecule has 2 aromatic heterocycles. The molecule has 15 heteroatoms. The molecule has 4 unspecified atom stereocenters. The molecule has 0 aliphatic rings. The van der Waals surface area contributed by atoms with Crippen LogP contribution in [-0.2, 0) is 36.8 Å². The Morgan fingerprint density at radius 1 is 0.860 bits per heavy atom. The second-order valence-electron chi connectivity index (χ2n) is 10.2. The summed E-state index contributed by atoms with van der Waals surface area (Å²) < 4.78 is 0. The standard InChI is InChI=1S/C28H38N8O7/c29-10-4-3-6-19(30)25(39)34-21(8-9-24(37)38)26(40)35-22(11-16-13-32-20-7-2-1-5-18(16)20)27(41)36-23(28(42)43)12-17-14-31-15-33-17/h1-2,5,7,13-15,19,21-23,32H,3-4,6,8-12,29-30H2,(H,31,33)(H,34,39)(H,35,40)(H,36,41)(H,37,38)(H,42,43). The summed E-state index contributed by atoms with van der Waals surface area (Å²) in [6, 6.07) is 2.43. The highest BCUT2D eigenvalue weighted by atomic mass is 16.4. The van der Waals surface area contributed by atoms with Crippen molar-refractivity contribution in [2.75, 3.05) is 6.54 Å². The largest absolute Gasteiger partial charge is 0.481 e. The van der Waals surface area contributed by atoms with Crippen molar-refractivity contribution in [2.24, 2.45) is 11.5 Å². The van der Waals surface area contributed by atoms with Crippen molar-refractivity contribution in [1.82, 2.24) is 30.9 Å². The Kier molecular flexibility index (Phi) is 12.2. The molecule has 232 valence electrons. The van der Waals surface area contributed by atoms with E-state index in [4.69, 9.17) is 11.5 Å². The molecule has 15 nitrogen and oxygen atoms in total. The van der Waals surface area contributed by atoms with E-state index in [0.717, 1.165) is 10.9 Å². The normalized spacial score (nSPS) is 13.9. The molecule has 0 aliphatic heterocycles. The van der Waals surface area contributed by atoms with Crippen LogP contribution < -0.4 is 27.4 Å². The minimum Gasteiger partial charge on any atom is -0.481 e. The number of rotatable bonds is 18. The third-order valence-electron chi connectivity index (χ3n) is 6.91. The first-order valence-electron chi connectivity index (χ1n) is 13.9. The molecule has 0 saturated heterocycles. The first kappa shape index (κ1) is 32.8. The minimum atomic E-state index is -1.34. The summed E-state index contributed by atoms with van der Waals surface area (Å²) >= 11 is 0. The van der Waals surface area contributed by atoms with Crippen LogP contribution in [0.5, 0.6) is 0 Å². The third-order valence-corrected chi connectivity index (χ3v) is 6.91. The maximum absolute atomic E-state index is 13.5. The number of nitrogens with one attached hydrogen (secondary N) is 5. The van der Waals surface area contributed by atoms with E-state index in [9.17, 15) is 34.2 Å². The number of nitrogens with two attached hydrogens (primary N) is 2. The Morgan fingerprint density at radius 2 is 1.56 bits per heavy atom. The number of aromatic amines is 2. The predicted molar refractivity (Wildman–Crippen MR) is 155 cm³/mol. The minimum absolute atomic E-state index is 0.0316. The molecule has 43 heavy (non-hydrogen) atoms. The molecule has 1 aromatic carbocycles. The number of H-pyrrole nitrogens is 2. The van der Waals surface area contributed by atoms with Crippen LogP contribution in [0.2, 0.25) is 0 Å². The lowest BCUT2D eigenvalue weighted by atomic mass is 10.0. The molecule has 2 heterocycles. The molecular formula is C28H38N8O7. The predicted octanol–water partition coefficient (Wildman–Crippen LogP) is -0.464. The van der Waals surface area contributed by atoms with Crippen LogP contribution in [-0.4, -0.2) is 85.5 Å². The fraction of sp³-hybridized carbons (Fsp3) is 0.429. The SMILES string of the molecule is NCCCCC(N)C(=O)NC(CCC(=O)O)C(=O)NC(Cc1c[nH]c2ccccc12)C(=O)NC(Cc1cnc[nH]1)C(=O)O. The molecule has 0 aliphatic carbocycles. The molecule has 0 fully saturated rings. The zero-order chi connectivity index (χ0) is 31.4. The van der Waals surface area contributed by atoms with Gasteiger partial charge in [-0.3, -0.25) is 19.2 Å². The van der Waals surface area contributed by atoms with E-state index in [1.165, 1.54) is 12.5 Å². The van der Waals surface area contributed by atoms with E-state index in [0.29, 0.717) is 37.1 Å². The average molecular weight is 599 g/mol. The van der Waals surface area contributed by atoms with E-state index in [1.54, 1.807) is 6.20 Å². The maximum Gasteiger partial charge on any atom is 0.326 e. The van der Waals surface area contributed by atoms with Crippen molar-refractivity contribution >= 4 is 40.6 Å². The number of carboxylic acid groups (broad SMARTS) is 2. The number of aromatic nitrogens is 3. The second-order valence-corrected chi connectivity index (χ2v) is 10.2. The Balaban J connectivity index is 1.83. The van der Waals surface area contributed by atoms with Gasteiger partial charge in [0.2, 0.25) is 17.7 Å². The zero-order valence-electron chi connectivity index (χ0n) is 23.5. The summed E-state index contributed by atoms with van der Waals surface area (Å²) in [6.07, 6.45) is 5.24. The summed E-state index contributed by atoms with van der Waals surface area (Å²) in [5.74, 6) is -4.73. The molecule has 3 amide bonds. The van der Waals surface area contributed by atoms with Gasteiger partial charge >= 0.3 is 11.9 Å². The first-order valence-corrected chi connectivity index (χ1v) is 13.9. The summed E-state index contributed by atoms with van der Waals surface area (Å²) in [6.45, 7) is 0.433. The topological polar surface area (TPSA) is 258 Å². The quantitative estimate of drug-likeness (QED) is 0.0851. The summed E-state index contributed by atoms with van der Waals surface area (Å²) in [4.78, 5) is 72.7. The van der Waals surface area contributed by atoms with Gasteiger partial charge in [0.05, 0.1) is 12.4 Å². The summed E-state index contributed by atoms with van der Waals surface area (Å²) in [7, 11) is 0. The van der Waals surface area contributed by atoms with Crippen molar-refractivity contribution in [2.45, 2.75) is 69.1 Å². The van der Waals surface area contributed by atoms with Crippen LogP contribution in [0.4, 0.5) is 0 Å². The molecule has 11 N–H and O–H groups in total. The first-order chi connectivity index (χ1) is 20.6. The number of carboxylic acids is 2. The number of fused-ring (bicyclic) bond motifs is 1. The smallest absolute Gasteiger partial charge is 0.326 e. The van der Waals surface area contributed by atoms with Crippen LogP contribution in [0.3, 0.4) is 0 Å². The fourth-order valence-corrected chi connectivity index (χ4v) is 4.55. The van der Waals surface area contributed by atoms with Gasteiger partial charge in [0.15, 0.2) is 0 Å². The van der Waals surface area contributed by atoms with Crippen molar-refractivity contribution in [1.29, 1.82) is 0 Å². The number of unbranched alkanes of at least 4 members (excludes halogenated alkanes) is 1. The third kappa shape index (κ3) is 9.93. The van der Waals surface area contributed by atoms with E-state index < -0.39 is 60.2 Å². The average Bonchev–Trinajstić information content (AvgIpc) is 3.64. The number of carbonyl (C=O) groups is 5. The van der Waals surface area contributed by atoms with E-state index in [2.05, 4.69) is 30.9 Å². The van der Waals surface area contributed by atoms with Gasteiger partial charge in [-0.15, -0.1) is 0 Å².